The third-order valence-corrected chi connectivity index (χ3v) is 3.32. The van der Waals surface area contributed by atoms with Crippen LogP contribution in [0.3, 0.4) is 0 Å². The number of thiazole rings is 1. The average Bonchev–Trinajstić information content (AvgIpc) is 2.53. The summed E-state index contributed by atoms with van der Waals surface area (Å²) in [5.74, 6) is 0. The lowest BCUT2D eigenvalue weighted by Crippen LogP contribution is -2.19. The van der Waals surface area contributed by atoms with Crippen molar-refractivity contribution < 1.29 is 14.6 Å². The molecule has 0 radical (unpaired) electrons. The zero-order valence-corrected chi connectivity index (χ0v) is 10.8. The van der Waals surface area contributed by atoms with Crippen LogP contribution in [0.5, 0.6) is 0 Å². The number of ether oxygens (including phenoxy) is 2. The monoisotopic (exact) mass is 245 g/mol. The van der Waals surface area contributed by atoms with Gasteiger partial charge in [-0.05, 0) is 13.8 Å². The van der Waals surface area contributed by atoms with E-state index in [1.807, 2.05) is 13.8 Å². The molecule has 1 heterocycles. The lowest BCUT2D eigenvalue weighted by molar-refractivity contribution is 0.0137. The first-order valence-electron chi connectivity index (χ1n) is 5.31. The van der Waals surface area contributed by atoms with Crippen molar-refractivity contribution >= 4 is 11.3 Å². The molecule has 1 unspecified atom stereocenters. The van der Waals surface area contributed by atoms with Gasteiger partial charge in [-0.15, -0.1) is 11.3 Å². The van der Waals surface area contributed by atoms with Crippen LogP contribution in [0, 0.1) is 13.8 Å². The van der Waals surface area contributed by atoms with Gasteiger partial charge >= 0.3 is 0 Å². The molecule has 1 aromatic heterocycles. The van der Waals surface area contributed by atoms with Gasteiger partial charge in [0.1, 0.15) is 0 Å². The molecule has 16 heavy (non-hydrogen) atoms. The Bertz CT molecular complexity index is 295. The van der Waals surface area contributed by atoms with Crippen molar-refractivity contribution in [2.24, 2.45) is 0 Å². The number of methoxy groups -OCH3 is 1. The summed E-state index contributed by atoms with van der Waals surface area (Å²) in [6.45, 7) is 5.43. The normalized spacial score (nSPS) is 13.0. The van der Waals surface area contributed by atoms with Gasteiger partial charge in [0.2, 0.25) is 0 Å². The molecule has 0 aliphatic heterocycles. The van der Waals surface area contributed by atoms with E-state index in [4.69, 9.17) is 9.47 Å². The molecule has 4 nitrogen and oxygen atoms in total. The third kappa shape index (κ3) is 4.57. The second kappa shape index (κ2) is 6.96. The van der Waals surface area contributed by atoms with Crippen LogP contribution < -0.4 is 0 Å². The number of aromatic nitrogens is 1. The fourth-order valence-electron chi connectivity index (χ4n) is 1.25. The Morgan fingerprint density at radius 1 is 1.38 bits per heavy atom. The number of hydrogen-bond acceptors (Lipinski definition) is 5. The Balaban J connectivity index is 2.25. The Morgan fingerprint density at radius 2 is 2.12 bits per heavy atom. The van der Waals surface area contributed by atoms with Gasteiger partial charge < -0.3 is 14.6 Å². The number of hydrogen-bond donors (Lipinski definition) is 1. The van der Waals surface area contributed by atoms with Crippen molar-refractivity contribution in [3.63, 3.8) is 0 Å². The van der Waals surface area contributed by atoms with Crippen molar-refractivity contribution in [3.05, 3.63) is 15.6 Å². The van der Waals surface area contributed by atoms with Crippen LogP contribution in [-0.2, 0) is 15.9 Å². The Hall–Kier alpha value is -0.490. The van der Waals surface area contributed by atoms with Gasteiger partial charge in [0, 0.05) is 18.4 Å². The molecule has 1 N–H and O–H groups in total. The van der Waals surface area contributed by atoms with Gasteiger partial charge in [-0.3, -0.25) is 0 Å². The first-order valence-corrected chi connectivity index (χ1v) is 6.12. The summed E-state index contributed by atoms with van der Waals surface area (Å²) >= 11 is 1.64. The largest absolute Gasteiger partial charge is 0.390 e. The summed E-state index contributed by atoms with van der Waals surface area (Å²) in [4.78, 5) is 5.58. The highest BCUT2D eigenvalue weighted by molar-refractivity contribution is 7.11. The van der Waals surface area contributed by atoms with Gasteiger partial charge in [0.15, 0.2) is 0 Å². The van der Waals surface area contributed by atoms with Crippen molar-refractivity contribution in [2.75, 3.05) is 26.9 Å². The molecule has 1 rings (SSSR count). The minimum absolute atomic E-state index is 0.334. The molecule has 1 atom stereocenters. The fraction of sp³-hybridized carbons (Fsp3) is 0.727. The quantitative estimate of drug-likeness (QED) is 0.736. The first kappa shape index (κ1) is 13.6. The molecular formula is C11H19NO3S. The summed E-state index contributed by atoms with van der Waals surface area (Å²) in [7, 11) is 1.63. The predicted octanol–water partition coefficient (Wildman–Crippen LogP) is 1.33. The minimum atomic E-state index is -0.484. The summed E-state index contributed by atoms with van der Waals surface area (Å²) in [6, 6.07) is 0. The second-order valence-electron chi connectivity index (χ2n) is 3.67. The van der Waals surface area contributed by atoms with Gasteiger partial charge in [-0.2, -0.15) is 0 Å². The van der Waals surface area contributed by atoms with Gasteiger partial charge in [0.25, 0.3) is 0 Å². The number of rotatable bonds is 7. The summed E-state index contributed by atoms with van der Waals surface area (Å²) < 4.78 is 10.1. The van der Waals surface area contributed by atoms with Gasteiger partial charge in [0.05, 0.1) is 36.6 Å². The molecule has 1 aromatic rings. The SMILES string of the molecule is COCCOCC(O)Cc1nc(C)c(C)s1. The number of aliphatic hydroxyl groups is 1. The molecule has 0 bridgehead atoms. The van der Waals surface area contributed by atoms with Crippen molar-refractivity contribution in [2.45, 2.75) is 26.4 Å². The average molecular weight is 245 g/mol. The smallest absolute Gasteiger partial charge is 0.0957 e. The maximum Gasteiger partial charge on any atom is 0.0957 e. The van der Waals surface area contributed by atoms with Crippen molar-refractivity contribution in [1.82, 2.24) is 4.98 Å². The molecule has 0 fully saturated rings. The highest BCUT2D eigenvalue weighted by atomic mass is 32.1. The predicted molar refractivity (Wildman–Crippen MR) is 64.0 cm³/mol. The molecular weight excluding hydrogens is 226 g/mol. The van der Waals surface area contributed by atoms with Gasteiger partial charge in [-0.1, -0.05) is 0 Å². The van der Waals surface area contributed by atoms with E-state index in [1.54, 1.807) is 18.4 Å². The second-order valence-corrected chi connectivity index (χ2v) is 4.96. The van der Waals surface area contributed by atoms with Crippen LogP contribution >= 0.6 is 11.3 Å². The molecule has 0 aromatic carbocycles. The van der Waals surface area contributed by atoms with E-state index in [-0.39, 0.29) is 0 Å². The van der Waals surface area contributed by atoms with Crippen LogP contribution in [0.4, 0.5) is 0 Å². The van der Waals surface area contributed by atoms with E-state index in [0.717, 1.165) is 10.7 Å². The molecule has 0 aliphatic rings. The van der Waals surface area contributed by atoms with Crippen LogP contribution in [-0.4, -0.2) is 43.1 Å². The zero-order chi connectivity index (χ0) is 12.0. The molecule has 0 amide bonds. The minimum Gasteiger partial charge on any atom is -0.390 e. The standard InChI is InChI=1S/C11H19NO3S/c1-8-9(2)16-11(12-8)6-10(13)7-15-5-4-14-3/h10,13H,4-7H2,1-3H3. The van der Waals surface area contributed by atoms with E-state index in [9.17, 15) is 5.11 Å². The van der Waals surface area contributed by atoms with Crippen molar-refractivity contribution in [3.8, 4) is 0 Å². The van der Waals surface area contributed by atoms with E-state index < -0.39 is 6.10 Å². The van der Waals surface area contributed by atoms with E-state index in [2.05, 4.69) is 4.98 Å². The van der Waals surface area contributed by atoms with Gasteiger partial charge in [-0.25, -0.2) is 4.98 Å². The number of aliphatic hydroxyl groups excluding tert-OH is 1. The number of nitrogens with zero attached hydrogens (tertiary/aromatic N) is 1. The number of aryl methyl sites for hydroxylation is 2. The zero-order valence-electron chi connectivity index (χ0n) is 10.0. The Morgan fingerprint density at radius 3 is 2.69 bits per heavy atom. The Kier molecular flexibility index (Phi) is 5.90. The van der Waals surface area contributed by atoms with Crippen molar-refractivity contribution in [1.29, 1.82) is 0 Å². The Labute approximate surface area is 100 Å². The molecule has 5 heteroatoms. The highest BCUT2D eigenvalue weighted by Gasteiger charge is 2.10. The first-order chi connectivity index (χ1) is 7.63. The summed E-state index contributed by atoms with van der Waals surface area (Å²) in [6.07, 6.45) is 0.0774. The molecule has 0 saturated heterocycles. The van der Waals surface area contributed by atoms with Crippen LogP contribution in [0.15, 0.2) is 0 Å². The van der Waals surface area contributed by atoms with Crippen LogP contribution in [0.25, 0.3) is 0 Å². The lowest BCUT2D eigenvalue weighted by Gasteiger charge is -2.09. The van der Waals surface area contributed by atoms with Crippen LogP contribution in [0.1, 0.15) is 15.6 Å². The topological polar surface area (TPSA) is 51.6 Å². The maximum absolute atomic E-state index is 9.70. The van der Waals surface area contributed by atoms with E-state index in [1.165, 1.54) is 4.88 Å². The molecule has 0 saturated carbocycles. The summed E-state index contributed by atoms with van der Waals surface area (Å²) in [5.41, 5.74) is 1.05. The van der Waals surface area contributed by atoms with Crippen LogP contribution in [0.2, 0.25) is 0 Å². The highest BCUT2D eigenvalue weighted by Crippen LogP contribution is 2.17. The molecule has 92 valence electrons. The summed E-state index contributed by atoms with van der Waals surface area (Å²) in [5, 5.41) is 10.7. The molecule has 0 aliphatic carbocycles. The van der Waals surface area contributed by atoms with E-state index in [0.29, 0.717) is 26.2 Å². The fourth-order valence-corrected chi connectivity index (χ4v) is 2.25. The maximum atomic E-state index is 9.70. The lowest BCUT2D eigenvalue weighted by atomic mass is 10.3. The molecule has 0 spiro atoms. The third-order valence-electron chi connectivity index (χ3n) is 2.23. The van der Waals surface area contributed by atoms with E-state index >= 15 is 0 Å².